The smallest absolute Gasteiger partial charge is 0.325 e. The maximum absolute atomic E-state index is 11.4. The third-order valence-electron chi connectivity index (χ3n) is 3.76. The highest BCUT2D eigenvalue weighted by molar-refractivity contribution is 5.83. The molecule has 0 aromatic rings. The fourth-order valence-electron chi connectivity index (χ4n) is 2.33. The van der Waals surface area contributed by atoms with Crippen molar-refractivity contribution in [1.29, 1.82) is 0 Å². The van der Waals surface area contributed by atoms with Crippen molar-refractivity contribution in [1.82, 2.24) is 5.32 Å². The van der Waals surface area contributed by atoms with Crippen LogP contribution in [0.2, 0.25) is 0 Å². The summed E-state index contributed by atoms with van der Waals surface area (Å²) in [5, 5.41) is 11.2. The van der Waals surface area contributed by atoms with Gasteiger partial charge in [0.1, 0.15) is 6.04 Å². The lowest BCUT2D eigenvalue weighted by Gasteiger charge is -2.08. The number of carbonyl (C=O) groups excluding carboxylic acids is 1. The van der Waals surface area contributed by atoms with E-state index in [2.05, 4.69) is 12.2 Å². The molecule has 0 aromatic heterocycles. The zero-order valence-corrected chi connectivity index (χ0v) is 13.8. The Morgan fingerprint density at radius 3 is 1.71 bits per heavy atom. The van der Waals surface area contributed by atoms with Gasteiger partial charge in [0.15, 0.2) is 0 Å². The van der Waals surface area contributed by atoms with Crippen LogP contribution in [0.4, 0.5) is 0 Å². The molecular weight excluding hydrogens is 266 g/mol. The van der Waals surface area contributed by atoms with Gasteiger partial charge in [0.25, 0.3) is 0 Å². The van der Waals surface area contributed by atoms with Gasteiger partial charge in [-0.05, 0) is 13.3 Å². The molecule has 21 heavy (non-hydrogen) atoms. The van der Waals surface area contributed by atoms with Crippen molar-refractivity contribution in [2.45, 2.75) is 96.9 Å². The molecule has 0 aliphatic carbocycles. The molecule has 1 atom stereocenters. The molecule has 0 heterocycles. The highest BCUT2D eigenvalue weighted by Crippen LogP contribution is 2.11. The standard InChI is InChI=1S/C17H33NO3/c1-3-4-5-6-7-8-9-10-11-12-13-14-16(19)18-15(2)17(20)21/h15H,3-14H2,1-2H3,(H,18,19)(H,20,21)/t15-/m0/s1. The first kappa shape index (κ1) is 19.9. The van der Waals surface area contributed by atoms with E-state index in [1.807, 2.05) is 0 Å². The number of rotatable bonds is 14. The predicted octanol–water partition coefficient (Wildman–Crippen LogP) is 4.28. The van der Waals surface area contributed by atoms with Crippen molar-refractivity contribution < 1.29 is 14.7 Å². The Hall–Kier alpha value is -1.06. The summed E-state index contributed by atoms with van der Waals surface area (Å²) in [6.07, 6.45) is 14.2. The van der Waals surface area contributed by atoms with Crippen LogP contribution in [0.15, 0.2) is 0 Å². The summed E-state index contributed by atoms with van der Waals surface area (Å²) in [4.78, 5) is 22.0. The summed E-state index contributed by atoms with van der Waals surface area (Å²) in [5.74, 6) is -1.14. The molecule has 0 fully saturated rings. The van der Waals surface area contributed by atoms with Crippen LogP contribution in [-0.2, 0) is 9.59 Å². The summed E-state index contributed by atoms with van der Waals surface area (Å²) in [7, 11) is 0. The Morgan fingerprint density at radius 1 is 0.857 bits per heavy atom. The molecule has 1 amide bonds. The fraction of sp³-hybridized carbons (Fsp3) is 0.882. The summed E-state index contributed by atoms with van der Waals surface area (Å²) < 4.78 is 0. The van der Waals surface area contributed by atoms with Gasteiger partial charge < -0.3 is 10.4 Å². The number of carbonyl (C=O) groups is 2. The zero-order chi connectivity index (χ0) is 15.9. The van der Waals surface area contributed by atoms with E-state index >= 15 is 0 Å². The van der Waals surface area contributed by atoms with Gasteiger partial charge in [-0.15, -0.1) is 0 Å². The quantitative estimate of drug-likeness (QED) is 0.470. The molecule has 0 bridgehead atoms. The highest BCUT2D eigenvalue weighted by atomic mass is 16.4. The third-order valence-corrected chi connectivity index (χ3v) is 3.76. The predicted molar refractivity (Wildman–Crippen MR) is 86.3 cm³/mol. The first-order valence-electron chi connectivity index (χ1n) is 8.60. The lowest BCUT2D eigenvalue weighted by atomic mass is 10.1. The van der Waals surface area contributed by atoms with Gasteiger partial charge in [-0.25, -0.2) is 0 Å². The summed E-state index contributed by atoms with van der Waals surface area (Å²) in [6.45, 7) is 3.73. The molecule has 0 saturated heterocycles. The van der Waals surface area contributed by atoms with Gasteiger partial charge in [-0.2, -0.15) is 0 Å². The van der Waals surface area contributed by atoms with Gasteiger partial charge in [-0.1, -0.05) is 71.1 Å². The molecule has 4 heteroatoms. The van der Waals surface area contributed by atoms with E-state index in [1.54, 1.807) is 0 Å². The third kappa shape index (κ3) is 13.7. The van der Waals surface area contributed by atoms with Crippen molar-refractivity contribution in [3.05, 3.63) is 0 Å². The molecule has 0 spiro atoms. The van der Waals surface area contributed by atoms with E-state index in [0.29, 0.717) is 6.42 Å². The van der Waals surface area contributed by atoms with Crippen molar-refractivity contribution in [2.24, 2.45) is 0 Å². The Kier molecular flexibility index (Phi) is 13.2. The number of nitrogens with one attached hydrogen (secondary N) is 1. The Morgan fingerprint density at radius 2 is 1.29 bits per heavy atom. The van der Waals surface area contributed by atoms with Crippen LogP contribution < -0.4 is 5.32 Å². The normalized spacial score (nSPS) is 12.1. The summed E-state index contributed by atoms with van der Waals surface area (Å²) in [6, 6.07) is -0.787. The van der Waals surface area contributed by atoms with E-state index in [9.17, 15) is 9.59 Å². The van der Waals surface area contributed by atoms with Gasteiger partial charge in [-0.3, -0.25) is 9.59 Å². The number of amides is 1. The van der Waals surface area contributed by atoms with Crippen molar-refractivity contribution in [3.63, 3.8) is 0 Å². The average Bonchev–Trinajstić information content (AvgIpc) is 2.44. The first-order chi connectivity index (χ1) is 10.1. The SMILES string of the molecule is CCCCCCCCCCCCCC(=O)N[C@@H](C)C(=O)O. The number of carboxylic acid groups (broad SMARTS) is 1. The highest BCUT2D eigenvalue weighted by Gasteiger charge is 2.12. The van der Waals surface area contributed by atoms with Gasteiger partial charge in [0.2, 0.25) is 5.91 Å². The first-order valence-corrected chi connectivity index (χ1v) is 8.60. The maximum Gasteiger partial charge on any atom is 0.325 e. The minimum absolute atomic E-state index is 0.152. The van der Waals surface area contributed by atoms with Gasteiger partial charge in [0.05, 0.1) is 0 Å². The van der Waals surface area contributed by atoms with Crippen LogP contribution >= 0.6 is 0 Å². The van der Waals surface area contributed by atoms with Crippen molar-refractivity contribution in [3.8, 4) is 0 Å². The molecule has 0 saturated carbocycles. The topological polar surface area (TPSA) is 66.4 Å². The van der Waals surface area contributed by atoms with E-state index in [0.717, 1.165) is 12.8 Å². The second-order valence-corrected chi connectivity index (χ2v) is 5.91. The largest absolute Gasteiger partial charge is 0.480 e. The van der Waals surface area contributed by atoms with Crippen molar-refractivity contribution in [2.75, 3.05) is 0 Å². The molecule has 0 unspecified atom stereocenters. The van der Waals surface area contributed by atoms with Crippen LogP contribution in [0.25, 0.3) is 0 Å². The number of hydrogen-bond donors (Lipinski definition) is 2. The summed E-state index contributed by atoms with van der Waals surface area (Å²) in [5.41, 5.74) is 0. The average molecular weight is 299 g/mol. The second kappa shape index (κ2) is 13.9. The monoisotopic (exact) mass is 299 g/mol. The van der Waals surface area contributed by atoms with Crippen molar-refractivity contribution >= 4 is 11.9 Å². The molecule has 0 radical (unpaired) electrons. The van der Waals surface area contributed by atoms with E-state index in [-0.39, 0.29) is 5.91 Å². The fourth-order valence-corrected chi connectivity index (χ4v) is 2.33. The van der Waals surface area contributed by atoms with Crippen LogP contribution in [0, 0.1) is 0 Å². The Labute approximate surface area is 129 Å². The van der Waals surface area contributed by atoms with E-state index in [1.165, 1.54) is 64.7 Å². The zero-order valence-electron chi connectivity index (χ0n) is 13.8. The van der Waals surface area contributed by atoms with Gasteiger partial charge >= 0.3 is 5.97 Å². The number of unbranched alkanes of at least 4 members (excludes halogenated alkanes) is 10. The lowest BCUT2D eigenvalue weighted by molar-refractivity contribution is -0.141. The maximum atomic E-state index is 11.4. The molecule has 124 valence electrons. The van der Waals surface area contributed by atoms with Crippen LogP contribution in [0.3, 0.4) is 0 Å². The second-order valence-electron chi connectivity index (χ2n) is 5.91. The van der Waals surface area contributed by atoms with Crippen LogP contribution in [0.5, 0.6) is 0 Å². The minimum Gasteiger partial charge on any atom is -0.480 e. The Bertz CT molecular complexity index is 279. The minimum atomic E-state index is -0.984. The lowest BCUT2D eigenvalue weighted by Crippen LogP contribution is -2.38. The molecule has 0 aliphatic heterocycles. The van der Waals surface area contributed by atoms with Gasteiger partial charge in [0, 0.05) is 6.42 Å². The Balaban J connectivity index is 3.25. The number of hydrogen-bond acceptors (Lipinski definition) is 2. The van der Waals surface area contributed by atoms with Crippen LogP contribution in [-0.4, -0.2) is 23.0 Å². The molecule has 0 rings (SSSR count). The molecule has 0 aromatic carbocycles. The van der Waals surface area contributed by atoms with Crippen LogP contribution in [0.1, 0.15) is 90.9 Å². The molecule has 2 N–H and O–H groups in total. The number of carboxylic acids is 1. The molecule has 0 aliphatic rings. The molecule has 4 nitrogen and oxygen atoms in total. The van der Waals surface area contributed by atoms with E-state index < -0.39 is 12.0 Å². The number of aliphatic carboxylic acids is 1. The summed E-state index contributed by atoms with van der Waals surface area (Å²) >= 11 is 0. The molecular formula is C17H33NO3. The van der Waals surface area contributed by atoms with E-state index in [4.69, 9.17) is 5.11 Å².